The van der Waals surface area contributed by atoms with Crippen molar-refractivity contribution < 1.29 is 9.53 Å². The minimum atomic E-state index is -0.263. The van der Waals surface area contributed by atoms with Gasteiger partial charge in [0.25, 0.3) is 0 Å². The van der Waals surface area contributed by atoms with E-state index in [4.69, 9.17) is 4.74 Å². The molecule has 1 aromatic rings. The van der Waals surface area contributed by atoms with Gasteiger partial charge in [0.2, 0.25) is 5.91 Å². The zero-order valence-electron chi connectivity index (χ0n) is 15.1. The van der Waals surface area contributed by atoms with Crippen LogP contribution in [-0.2, 0) is 9.53 Å². The van der Waals surface area contributed by atoms with Crippen LogP contribution in [0.1, 0.15) is 56.9 Å². The van der Waals surface area contributed by atoms with Crippen molar-refractivity contribution in [3.05, 3.63) is 35.9 Å². The Morgan fingerprint density at radius 3 is 2.72 bits per heavy atom. The third-order valence-electron chi connectivity index (χ3n) is 5.76. The fraction of sp³-hybridized carbons (Fsp3) is 0.619. The largest absolute Gasteiger partial charge is 0.368 e. The van der Waals surface area contributed by atoms with Gasteiger partial charge in [-0.2, -0.15) is 5.26 Å². The van der Waals surface area contributed by atoms with Crippen LogP contribution in [0, 0.1) is 17.2 Å². The lowest BCUT2D eigenvalue weighted by molar-refractivity contribution is -0.141. The van der Waals surface area contributed by atoms with Crippen molar-refractivity contribution in [2.45, 2.75) is 63.5 Å². The molecule has 4 heteroatoms. The number of rotatable bonds is 5. The third kappa shape index (κ3) is 4.22. The molecule has 1 amide bonds. The van der Waals surface area contributed by atoms with Crippen LogP contribution in [0.4, 0.5) is 0 Å². The first-order chi connectivity index (χ1) is 12.2. The van der Waals surface area contributed by atoms with Gasteiger partial charge in [-0.25, -0.2) is 0 Å². The number of hydrogen-bond acceptors (Lipinski definition) is 3. The summed E-state index contributed by atoms with van der Waals surface area (Å²) in [4.78, 5) is 14.6. The topological polar surface area (TPSA) is 53.3 Å². The van der Waals surface area contributed by atoms with Gasteiger partial charge in [0.15, 0.2) is 0 Å². The number of hydrogen-bond donors (Lipinski definition) is 0. The van der Waals surface area contributed by atoms with E-state index in [9.17, 15) is 10.1 Å². The Morgan fingerprint density at radius 2 is 2.00 bits per heavy atom. The van der Waals surface area contributed by atoms with E-state index in [2.05, 4.69) is 13.0 Å². The van der Waals surface area contributed by atoms with E-state index in [1.807, 2.05) is 35.2 Å². The Balaban J connectivity index is 1.62. The van der Waals surface area contributed by atoms with Crippen molar-refractivity contribution in [3.8, 4) is 6.07 Å². The summed E-state index contributed by atoms with van der Waals surface area (Å²) in [5.74, 6) is 0.310. The predicted molar refractivity (Wildman–Crippen MR) is 96.9 cm³/mol. The summed E-state index contributed by atoms with van der Waals surface area (Å²) in [6, 6.07) is 12.2. The molecular weight excluding hydrogens is 312 g/mol. The number of nitrogens with zero attached hydrogens (tertiary/aromatic N) is 2. The van der Waals surface area contributed by atoms with Gasteiger partial charge in [0.1, 0.15) is 6.61 Å². The highest BCUT2D eigenvalue weighted by Gasteiger charge is 2.36. The van der Waals surface area contributed by atoms with E-state index in [1.54, 1.807) is 0 Å². The summed E-state index contributed by atoms with van der Waals surface area (Å²) in [5, 5.41) is 9.69. The van der Waals surface area contributed by atoms with Gasteiger partial charge in [0.05, 0.1) is 24.1 Å². The molecular formula is C21H28N2O2. The summed E-state index contributed by atoms with van der Waals surface area (Å²) in [6.45, 7) is 3.10. The standard InChI is InChI=1S/C21H28N2O2/c1-16-8-5-6-12-20(16)25-15-21(24)23-13-7-11-19(23)18(14-22)17-9-3-2-4-10-17/h2-4,9-10,16,18-20H,5-8,11-13,15H2,1H3. The maximum Gasteiger partial charge on any atom is 0.248 e. The molecule has 1 aliphatic heterocycles. The number of likely N-dealkylation sites (tertiary alicyclic amines) is 1. The van der Waals surface area contributed by atoms with Crippen LogP contribution in [0.15, 0.2) is 30.3 Å². The van der Waals surface area contributed by atoms with Crippen LogP contribution in [0.2, 0.25) is 0 Å². The van der Waals surface area contributed by atoms with Gasteiger partial charge in [0, 0.05) is 6.54 Å². The molecule has 25 heavy (non-hydrogen) atoms. The molecule has 1 saturated carbocycles. The van der Waals surface area contributed by atoms with Crippen LogP contribution in [0.3, 0.4) is 0 Å². The number of carbonyl (C=O) groups excluding carboxylic acids is 1. The van der Waals surface area contributed by atoms with Crippen LogP contribution in [0.25, 0.3) is 0 Å². The molecule has 0 spiro atoms. The summed E-state index contributed by atoms with van der Waals surface area (Å²) in [7, 11) is 0. The smallest absolute Gasteiger partial charge is 0.248 e. The zero-order valence-corrected chi connectivity index (χ0v) is 15.1. The highest BCUT2D eigenvalue weighted by atomic mass is 16.5. The summed E-state index contributed by atoms with van der Waals surface area (Å²) >= 11 is 0. The van der Waals surface area contributed by atoms with Gasteiger partial charge >= 0.3 is 0 Å². The zero-order chi connectivity index (χ0) is 17.6. The Kier molecular flexibility index (Phi) is 6.09. The first-order valence-corrected chi connectivity index (χ1v) is 9.56. The molecule has 2 fully saturated rings. The Morgan fingerprint density at radius 1 is 1.24 bits per heavy atom. The lowest BCUT2D eigenvalue weighted by Crippen LogP contribution is -2.42. The molecule has 4 unspecified atom stereocenters. The second-order valence-electron chi connectivity index (χ2n) is 7.43. The van der Waals surface area contributed by atoms with Gasteiger partial charge in [-0.15, -0.1) is 0 Å². The number of nitriles is 1. The molecule has 134 valence electrons. The molecule has 0 radical (unpaired) electrons. The highest BCUT2D eigenvalue weighted by molar-refractivity contribution is 5.78. The van der Waals surface area contributed by atoms with E-state index in [0.29, 0.717) is 5.92 Å². The molecule has 3 rings (SSSR count). The van der Waals surface area contributed by atoms with Crippen molar-refractivity contribution in [2.24, 2.45) is 5.92 Å². The van der Waals surface area contributed by atoms with Crippen molar-refractivity contribution in [3.63, 3.8) is 0 Å². The molecule has 4 atom stereocenters. The normalized spacial score (nSPS) is 27.7. The summed E-state index contributed by atoms with van der Waals surface area (Å²) in [6.07, 6.45) is 6.77. The minimum Gasteiger partial charge on any atom is -0.368 e. The molecule has 1 aromatic carbocycles. The van der Waals surface area contributed by atoms with E-state index < -0.39 is 0 Å². The lowest BCUT2D eigenvalue weighted by atomic mass is 9.88. The van der Waals surface area contributed by atoms with E-state index in [-0.39, 0.29) is 30.6 Å². The number of ether oxygens (including phenoxy) is 1. The lowest BCUT2D eigenvalue weighted by Gasteiger charge is -2.31. The second-order valence-corrected chi connectivity index (χ2v) is 7.43. The molecule has 2 aliphatic rings. The van der Waals surface area contributed by atoms with Crippen molar-refractivity contribution in [2.75, 3.05) is 13.2 Å². The number of carbonyl (C=O) groups is 1. The summed E-state index contributed by atoms with van der Waals surface area (Å²) < 4.78 is 5.96. The van der Waals surface area contributed by atoms with E-state index in [0.717, 1.165) is 31.4 Å². The maximum absolute atomic E-state index is 12.7. The summed E-state index contributed by atoms with van der Waals surface area (Å²) in [5.41, 5.74) is 0.997. The quantitative estimate of drug-likeness (QED) is 0.817. The number of benzene rings is 1. The molecule has 1 heterocycles. The number of amides is 1. The van der Waals surface area contributed by atoms with Crippen molar-refractivity contribution in [1.82, 2.24) is 4.90 Å². The average molecular weight is 340 g/mol. The van der Waals surface area contributed by atoms with Crippen LogP contribution >= 0.6 is 0 Å². The van der Waals surface area contributed by atoms with Gasteiger partial charge < -0.3 is 9.64 Å². The monoisotopic (exact) mass is 340 g/mol. The first kappa shape index (κ1) is 17.9. The molecule has 0 N–H and O–H groups in total. The first-order valence-electron chi connectivity index (χ1n) is 9.56. The average Bonchev–Trinajstić information content (AvgIpc) is 3.12. The minimum absolute atomic E-state index is 0.0349. The van der Waals surface area contributed by atoms with E-state index >= 15 is 0 Å². The molecule has 0 bridgehead atoms. The van der Waals surface area contributed by atoms with E-state index in [1.165, 1.54) is 19.3 Å². The van der Waals surface area contributed by atoms with Crippen LogP contribution < -0.4 is 0 Å². The fourth-order valence-corrected chi connectivity index (χ4v) is 4.28. The SMILES string of the molecule is CC1CCCCC1OCC(=O)N1CCCC1C(C#N)c1ccccc1. The van der Waals surface area contributed by atoms with Crippen molar-refractivity contribution in [1.29, 1.82) is 5.26 Å². The second kappa shape index (κ2) is 8.49. The van der Waals surface area contributed by atoms with Gasteiger partial charge in [-0.3, -0.25) is 4.79 Å². The third-order valence-corrected chi connectivity index (χ3v) is 5.76. The molecule has 1 saturated heterocycles. The Labute approximate surface area is 150 Å². The fourth-order valence-electron chi connectivity index (χ4n) is 4.28. The van der Waals surface area contributed by atoms with Gasteiger partial charge in [-0.1, -0.05) is 50.1 Å². The Bertz CT molecular complexity index is 610. The molecule has 0 aromatic heterocycles. The highest BCUT2D eigenvalue weighted by Crippen LogP contribution is 2.31. The molecule has 1 aliphatic carbocycles. The van der Waals surface area contributed by atoms with Crippen LogP contribution in [-0.4, -0.2) is 36.1 Å². The van der Waals surface area contributed by atoms with Crippen molar-refractivity contribution >= 4 is 5.91 Å². The Hall–Kier alpha value is -1.86. The maximum atomic E-state index is 12.7. The van der Waals surface area contributed by atoms with Crippen LogP contribution in [0.5, 0.6) is 0 Å². The predicted octanol–water partition coefficient (Wildman–Crippen LogP) is 3.88. The molecule has 4 nitrogen and oxygen atoms in total. The van der Waals surface area contributed by atoms with Gasteiger partial charge in [-0.05, 0) is 37.2 Å².